The molecule has 3 unspecified atom stereocenters. The van der Waals surface area contributed by atoms with Crippen molar-refractivity contribution in [1.82, 2.24) is 0 Å². The lowest BCUT2D eigenvalue weighted by Crippen LogP contribution is -2.21. The van der Waals surface area contributed by atoms with Crippen LogP contribution in [0.25, 0.3) is 0 Å². The fraction of sp³-hybridized carbons (Fsp3) is 1.00. The zero-order valence-electron chi connectivity index (χ0n) is 7.35. The number of rotatable bonds is 6. The van der Waals surface area contributed by atoms with Crippen LogP contribution in [0.2, 0.25) is 0 Å². The van der Waals surface area contributed by atoms with E-state index in [1.54, 1.807) is 6.92 Å². The molecule has 12 heavy (non-hydrogen) atoms. The fourth-order valence-corrected chi connectivity index (χ4v) is 0.940. The zero-order chi connectivity index (χ0) is 9.56. The summed E-state index contributed by atoms with van der Waals surface area (Å²) < 4.78 is 0. The summed E-state index contributed by atoms with van der Waals surface area (Å²) in [5.41, 5.74) is 0. The highest BCUT2D eigenvalue weighted by Crippen LogP contribution is 2.06. The smallest absolute Gasteiger partial charge is 0.0795 e. The van der Waals surface area contributed by atoms with Gasteiger partial charge in [0, 0.05) is 6.42 Å². The van der Waals surface area contributed by atoms with E-state index >= 15 is 0 Å². The normalized spacial score (nSPS) is 18.8. The second kappa shape index (κ2) is 6.37. The molecule has 0 heterocycles. The predicted molar refractivity (Wildman–Crippen MR) is 44.6 cm³/mol. The van der Waals surface area contributed by atoms with Crippen molar-refractivity contribution in [2.24, 2.45) is 0 Å². The van der Waals surface area contributed by atoms with Crippen LogP contribution in [0.3, 0.4) is 0 Å². The third kappa shape index (κ3) is 6.54. The van der Waals surface area contributed by atoms with Crippen molar-refractivity contribution in [3.8, 4) is 0 Å². The molecule has 0 aliphatic carbocycles. The van der Waals surface area contributed by atoms with Gasteiger partial charge in [0.1, 0.15) is 0 Å². The first-order chi connectivity index (χ1) is 5.56. The quantitative estimate of drug-likeness (QED) is 0.431. The molecule has 0 rings (SSSR count). The summed E-state index contributed by atoms with van der Waals surface area (Å²) in [7, 11) is 0. The van der Waals surface area contributed by atoms with E-state index in [4.69, 9.17) is 15.3 Å². The lowest BCUT2D eigenvalue weighted by Gasteiger charge is -2.14. The van der Waals surface area contributed by atoms with Crippen molar-refractivity contribution in [1.29, 1.82) is 0 Å². The molecule has 0 saturated carbocycles. The Morgan fingerprint density at radius 3 is 2.00 bits per heavy atom. The molecule has 0 aliphatic rings. The molecule has 0 saturated heterocycles. The number of aliphatic hydroxyl groups is 4. The third-order valence-corrected chi connectivity index (χ3v) is 1.67. The monoisotopic (exact) mass is 178 g/mol. The molecule has 0 aromatic carbocycles. The average Bonchev–Trinajstić information content (AvgIpc) is 2.00. The van der Waals surface area contributed by atoms with Gasteiger partial charge >= 0.3 is 0 Å². The first-order valence-electron chi connectivity index (χ1n) is 4.21. The van der Waals surface area contributed by atoms with Crippen LogP contribution in [0.5, 0.6) is 0 Å². The first kappa shape index (κ1) is 11.8. The van der Waals surface area contributed by atoms with E-state index in [1.807, 2.05) is 0 Å². The lowest BCUT2D eigenvalue weighted by molar-refractivity contribution is 0.0332. The summed E-state index contributed by atoms with van der Waals surface area (Å²) in [6.07, 6.45) is -0.779. The lowest BCUT2D eigenvalue weighted by atomic mass is 10.1. The van der Waals surface area contributed by atoms with E-state index < -0.39 is 18.3 Å². The molecular formula is C8H18O4. The highest BCUT2D eigenvalue weighted by atomic mass is 16.3. The number of hydrogen-bond donors (Lipinski definition) is 4. The molecule has 0 fully saturated rings. The van der Waals surface area contributed by atoms with E-state index in [1.165, 1.54) is 0 Å². The molecule has 4 nitrogen and oxygen atoms in total. The van der Waals surface area contributed by atoms with Crippen molar-refractivity contribution < 1.29 is 20.4 Å². The Balaban J connectivity index is 3.39. The van der Waals surface area contributed by atoms with Crippen LogP contribution in [0.1, 0.15) is 26.2 Å². The third-order valence-electron chi connectivity index (χ3n) is 1.67. The highest BCUT2D eigenvalue weighted by molar-refractivity contribution is 4.63. The minimum atomic E-state index is -0.853. The molecule has 74 valence electrons. The Morgan fingerprint density at radius 1 is 1.00 bits per heavy atom. The van der Waals surface area contributed by atoms with Gasteiger partial charge in [0.15, 0.2) is 0 Å². The predicted octanol–water partition coefficient (Wildman–Crippen LogP) is -0.748. The number of aliphatic hydroxyl groups excluding tert-OH is 4. The van der Waals surface area contributed by atoms with Crippen LogP contribution in [-0.2, 0) is 0 Å². The second-order valence-electron chi connectivity index (χ2n) is 3.15. The topological polar surface area (TPSA) is 80.9 Å². The van der Waals surface area contributed by atoms with Gasteiger partial charge < -0.3 is 20.4 Å². The van der Waals surface area contributed by atoms with Crippen LogP contribution in [0.15, 0.2) is 0 Å². The summed E-state index contributed by atoms with van der Waals surface area (Å²) in [6, 6.07) is 0. The van der Waals surface area contributed by atoms with Crippen LogP contribution >= 0.6 is 0 Å². The van der Waals surface area contributed by atoms with E-state index in [0.717, 1.165) is 0 Å². The Kier molecular flexibility index (Phi) is 6.28. The fourth-order valence-electron chi connectivity index (χ4n) is 0.940. The molecule has 0 bridgehead atoms. The average molecular weight is 178 g/mol. The Labute approximate surface area is 72.5 Å². The van der Waals surface area contributed by atoms with Gasteiger partial charge in [0.2, 0.25) is 0 Å². The minimum absolute atomic E-state index is 0.170. The van der Waals surface area contributed by atoms with Crippen LogP contribution in [0, 0.1) is 0 Å². The van der Waals surface area contributed by atoms with Crippen molar-refractivity contribution in [3.63, 3.8) is 0 Å². The van der Waals surface area contributed by atoms with Gasteiger partial charge in [-0.15, -0.1) is 0 Å². The molecule has 0 amide bonds. The summed E-state index contributed by atoms with van der Waals surface area (Å²) in [5, 5.41) is 35.5. The van der Waals surface area contributed by atoms with Crippen LogP contribution in [0.4, 0.5) is 0 Å². The molecule has 0 radical (unpaired) electrons. The minimum Gasteiger partial charge on any atom is -0.394 e. The molecule has 4 N–H and O–H groups in total. The Bertz CT molecular complexity index is 105. The summed E-state index contributed by atoms with van der Waals surface area (Å²) in [5.74, 6) is 0. The molecule has 0 aromatic heterocycles. The molecule has 4 heteroatoms. The van der Waals surface area contributed by atoms with E-state index in [0.29, 0.717) is 12.8 Å². The van der Waals surface area contributed by atoms with Gasteiger partial charge in [-0.05, 0) is 19.8 Å². The molecular weight excluding hydrogens is 160 g/mol. The first-order valence-corrected chi connectivity index (χ1v) is 4.21. The largest absolute Gasteiger partial charge is 0.394 e. The number of hydrogen-bond acceptors (Lipinski definition) is 4. The second-order valence-corrected chi connectivity index (χ2v) is 3.15. The summed E-state index contributed by atoms with van der Waals surface area (Å²) in [6.45, 7) is 1.32. The maximum atomic E-state index is 9.22. The van der Waals surface area contributed by atoms with E-state index in [2.05, 4.69) is 0 Å². The van der Waals surface area contributed by atoms with Crippen LogP contribution < -0.4 is 0 Å². The van der Waals surface area contributed by atoms with Gasteiger partial charge in [-0.2, -0.15) is 0 Å². The van der Waals surface area contributed by atoms with Crippen LogP contribution in [-0.4, -0.2) is 45.3 Å². The van der Waals surface area contributed by atoms with Crippen molar-refractivity contribution in [2.45, 2.75) is 44.5 Å². The maximum Gasteiger partial charge on any atom is 0.0795 e. The molecule has 0 spiro atoms. The molecule has 0 aromatic rings. The standard InChI is InChI=1S/C8H18O4/c1-6(10)2-3-7(11)4-8(12)5-9/h6-12H,2-5H2,1H3. The van der Waals surface area contributed by atoms with Gasteiger partial charge in [0.05, 0.1) is 24.9 Å². The molecule has 0 aliphatic heterocycles. The Morgan fingerprint density at radius 2 is 1.58 bits per heavy atom. The van der Waals surface area contributed by atoms with E-state index in [9.17, 15) is 5.11 Å². The van der Waals surface area contributed by atoms with Gasteiger partial charge in [-0.3, -0.25) is 0 Å². The maximum absolute atomic E-state index is 9.22. The van der Waals surface area contributed by atoms with Gasteiger partial charge in [0.25, 0.3) is 0 Å². The highest BCUT2D eigenvalue weighted by Gasteiger charge is 2.11. The zero-order valence-corrected chi connectivity index (χ0v) is 7.35. The van der Waals surface area contributed by atoms with Crippen molar-refractivity contribution in [2.75, 3.05) is 6.61 Å². The van der Waals surface area contributed by atoms with Gasteiger partial charge in [-0.25, -0.2) is 0 Å². The SMILES string of the molecule is CC(O)CCC(O)CC(O)CO. The van der Waals surface area contributed by atoms with Crippen molar-refractivity contribution in [3.05, 3.63) is 0 Å². The summed E-state index contributed by atoms with van der Waals surface area (Å²) in [4.78, 5) is 0. The molecule has 3 atom stereocenters. The van der Waals surface area contributed by atoms with E-state index in [-0.39, 0.29) is 13.0 Å². The summed E-state index contributed by atoms with van der Waals surface area (Å²) >= 11 is 0. The Hall–Kier alpha value is -0.160. The van der Waals surface area contributed by atoms with Crippen molar-refractivity contribution >= 4 is 0 Å². The van der Waals surface area contributed by atoms with Gasteiger partial charge in [-0.1, -0.05) is 0 Å².